The minimum absolute atomic E-state index is 0.0360. The van der Waals surface area contributed by atoms with Crippen molar-refractivity contribution < 1.29 is 0 Å². The second-order valence-corrected chi connectivity index (χ2v) is 12.0. The van der Waals surface area contributed by atoms with Crippen LogP contribution in [0, 0.1) is 0 Å². The van der Waals surface area contributed by atoms with E-state index in [0.717, 1.165) is 61.4 Å². The second kappa shape index (κ2) is 12.1. The monoisotopic (exact) mass is 620 g/mol. The van der Waals surface area contributed by atoms with Crippen molar-refractivity contribution in [1.29, 1.82) is 0 Å². The first-order valence-corrected chi connectivity index (χ1v) is 16.0. The normalized spacial score (nSPS) is 11.2. The predicted octanol–water partition coefficient (Wildman–Crippen LogP) is 9.67. The fraction of sp³-hybridized carbons (Fsp3) is 0.0465. The molecule has 0 amide bonds. The molecule has 0 saturated carbocycles. The Bertz CT molecular complexity index is 2480. The number of aromatic nitrogens is 4. The SMILES string of the molecule is Cn1c(=O)n(C)c2cc(-c3cccc(-c4cc(-c5cccc(-c6ccc(-c7ccccc7)cc6)c5)nc(-c5ccccc5)n4)c3)ccc21. The van der Waals surface area contributed by atoms with E-state index >= 15 is 0 Å². The molecule has 0 saturated heterocycles. The molecule has 0 atom stereocenters. The van der Waals surface area contributed by atoms with Crippen molar-refractivity contribution in [2.45, 2.75) is 0 Å². The van der Waals surface area contributed by atoms with Crippen LogP contribution in [-0.2, 0) is 14.1 Å². The van der Waals surface area contributed by atoms with E-state index in [2.05, 4.69) is 115 Å². The Morgan fingerprint density at radius 3 is 1.40 bits per heavy atom. The van der Waals surface area contributed by atoms with Gasteiger partial charge in [-0.2, -0.15) is 0 Å². The van der Waals surface area contributed by atoms with Crippen LogP contribution in [0.2, 0.25) is 0 Å². The molecule has 0 spiro atoms. The molecule has 5 heteroatoms. The molecule has 0 aliphatic rings. The number of aryl methyl sites for hydroxylation is 2. The molecule has 0 bridgehead atoms. The molecular weight excluding hydrogens is 589 g/mol. The lowest BCUT2D eigenvalue weighted by Gasteiger charge is -2.12. The highest BCUT2D eigenvalue weighted by molar-refractivity contribution is 5.84. The van der Waals surface area contributed by atoms with Gasteiger partial charge in [-0.1, -0.05) is 127 Å². The van der Waals surface area contributed by atoms with Gasteiger partial charge in [-0.25, -0.2) is 14.8 Å². The molecular formula is C43H32N4O. The third-order valence-electron chi connectivity index (χ3n) is 9.01. The minimum Gasteiger partial charge on any atom is -0.295 e. The smallest absolute Gasteiger partial charge is 0.295 e. The summed E-state index contributed by atoms with van der Waals surface area (Å²) in [5.41, 5.74) is 13.2. The molecule has 8 rings (SSSR count). The molecule has 8 aromatic rings. The first-order chi connectivity index (χ1) is 23.5. The molecule has 230 valence electrons. The molecule has 0 aliphatic carbocycles. The summed E-state index contributed by atoms with van der Waals surface area (Å²) >= 11 is 0. The molecule has 5 nitrogen and oxygen atoms in total. The maximum atomic E-state index is 12.6. The summed E-state index contributed by atoms with van der Waals surface area (Å²) in [6.07, 6.45) is 0. The maximum absolute atomic E-state index is 12.6. The van der Waals surface area contributed by atoms with E-state index in [9.17, 15) is 4.79 Å². The van der Waals surface area contributed by atoms with Gasteiger partial charge >= 0.3 is 5.69 Å². The van der Waals surface area contributed by atoms with Gasteiger partial charge in [0.25, 0.3) is 0 Å². The molecule has 6 aromatic carbocycles. The highest BCUT2D eigenvalue weighted by Crippen LogP contribution is 2.33. The summed E-state index contributed by atoms with van der Waals surface area (Å²) in [5, 5.41) is 0. The van der Waals surface area contributed by atoms with Gasteiger partial charge in [-0.05, 0) is 63.7 Å². The van der Waals surface area contributed by atoms with Crippen LogP contribution in [-0.4, -0.2) is 19.1 Å². The van der Waals surface area contributed by atoms with Crippen molar-refractivity contribution >= 4 is 11.0 Å². The van der Waals surface area contributed by atoms with E-state index in [1.165, 1.54) is 11.1 Å². The average Bonchev–Trinajstić information content (AvgIpc) is 3.38. The number of hydrogen-bond acceptors (Lipinski definition) is 3. The number of nitrogens with zero attached hydrogens (tertiary/aromatic N) is 4. The summed E-state index contributed by atoms with van der Waals surface area (Å²) in [4.78, 5) is 22.7. The molecule has 0 radical (unpaired) electrons. The summed E-state index contributed by atoms with van der Waals surface area (Å²) in [6, 6.07) is 54.4. The quantitative estimate of drug-likeness (QED) is 0.186. The van der Waals surface area contributed by atoms with E-state index in [-0.39, 0.29) is 5.69 Å². The Hall–Kier alpha value is -6.33. The number of rotatable bonds is 6. The van der Waals surface area contributed by atoms with Crippen LogP contribution < -0.4 is 5.69 Å². The van der Waals surface area contributed by atoms with Gasteiger partial charge in [0.05, 0.1) is 22.4 Å². The third-order valence-corrected chi connectivity index (χ3v) is 9.01. The highest BCUT2D eigenvalue weighted by atomic mass is 16.1. The lowest BCUT2D eigenvalue weighted by Crippen LogP contribution is -2.19. The van der Waals surface area contributed by atoms with Gasteiger partial charge < -0.3 is 0 Å². The van der Waals surface area contributed by atoms with E-state index in [4.69, 9.17) is 9.97 Å². The van der Waals surface area contributed by atoms with Crippen LogP contribution in [0.1, 0.15) is 0 Å². The standard InChI is InChI=1S/C43H32N4O/c1-46-40-24-23-35(27-41(40)47(2)43(46)48)34-16-10-18-37(26-34)39-28-38(44-42(45-39)32-13-7-4-8-14-32)36-17-9-15-33(25-36)31-21-19-30(20-22-31)29-11-5-3-6-12-29/h3-28H,1-2H3. The summed E-state index contributed by atoms with van der Waals surface area (Å²) in [6.45, 7) is 0. The molecule has 2 heterocycles. The molecule has 0 aliphatic heterocycles. The van der Waals surface area contributed by atoms with Gasteiger partial charge in [0.2, 0.25) is 0 Å². The summed E-state index contributed by atoms with van der Waals surface area (Å²) in [5.74, 6) is 0.673. The molecule has 0 unspecified atom stereocenters. The zero-order chi connectivity index (χ0) is 32.6. The van der Waals surface area contributed by atoms with Crippen LogP contribution in [0.15, 0.2) is 163 Å². The predicted molar refractivity (Wildman–Crippen MR) is 196 cm³/mol. The number of fused-ring (bicyclic) bond motifs is 1. The summed E-state index contributed by atoms with van der Waals surface area (Å²) in [7, 11) is 3.62. The van der Waals surface area contributed by atoms with Gasteiger partial charge in [0, 0.05) is 30.8 Å². The van der Waals surface area contributed by atoms with E-state index in [1.807, 2.05) is 49.5 Å². The van der Waals surface area contributed by atoms with Crippen molar-refractivity contribution in [3.63, 3.8) is 0 Å². The minimum atomic E-state index is -0.0360. The van der Waals surface area contributed by atoms with Gasteiger partial charge in [0.1, 0.15) is 0 Å². The fourth-order valence-corrected chi connectivity index (χ4v) is 6.35. The van der Waals surface area contributed by atoms with Crippen molar-refractivity contribution in [3.05, 3.63) is 168 Å². The maximum Gasteiger partial charge on any atom is 0.328 e. The molecule has 48 heavy (non-hydrogen) atoms. The van der Waals surface area contributed by atoms with Crippen molar-refractivity contribution in [3.8, 4) is 67.3 Å². The fourth-order valence-electron chi connectivity index (χ4n) is 6.35. The van der Waals surface area contributed by atoms with Crippen LogP contribution in [0.5, 0.6) is 0 Å². The van der Waals surface area contributed by atoms with Crippen LogP contribution in [0.4, 0.5) is 0 Å². The Balaban J connectivity index is 1.20. The first-order valence-electron chi connectivity index (χ1n) is 16.0. The lowest BCUT2D eigenvalue weighted by atomic mass is 9.97. The van der Waals surface area contributed by atoms with E-state index < -0.39 is 0 Å². The zero-order valence-corrected chi connectivity index (χ0v) is 26.7. The van der Waals surface area contributed by atoms with Crippen molar-refractivity contribution in [2.24, 2.45) is 14.1 Å². The highest BCUT2D eigenvalue weighted by Gasteiger charge is 2.14. The van der Waals surface area contributed by atoms with Crippen LogP contribution in [0.3, 0.4) is 0 Å². The largest absolute Gasteiger partial charge is 0.328 e. The number of hydrogen-bond donors (Lipinski definition) is 0. The van der Waals surface area contributed by atoms with Gasteiger partial charge in [0.15, 0.2) is 5.82 Å². The first kappa shape index (κ1) is 29.1. The molecule has 2 aromatic heterocycles. The Morgan fingerprint density at radius 1 is 0.375 bits per heavy atom. The number of imidazole rings is 1. The Labute approximate surface area is 279 Å². The van der Waals surface area contributed by atoms with E-state index in [1.54, 1.807) is 16.2 Å². The van der Waals surface area contributed by atoms with E-state index in [0.29, 0.717) is 5.82 Å². The average molecular weight is 621 g/mol. The van der Waals surface area contributed by atoms with Gasteiger partial charge in [-0.15, -0.1) is 0 Å². The Kier molecular flexibility index (Phi) is 7.35. The topological polar surface area (TPSA) is 52.7 Å². The second-order valence-electron chi connectivity index (χ2n) is 12.0. The van der Waals surface area contributed by atoms with Crippen LogP contribution in [0.25, 0.3) is 78.3 Å². The molecule has 0 N–H and O–H groups in total. The summed E-state index contributed by atoms with van der Waals surface area (Å²) < 4.78 is 3.37. The third kappa shape index (κ3) is 5.41. The van der Waals surface area contributed by atoms with Crippen molar-refractivity contribution in [1.82, 2.24) is 19.1 Å². The van der Waals surface area contributed by atoms with Gasteiger partial charge in [-0.3, -0.25) is 9.13 Å². The number of benzene rings is 6. The van der Waals surface area contributed by atoms with Crippen LogP contribution >= 0.6 is 0 Å². The zero-order valence-electron chi connectivity index (χ0n) is 26.7. The van der Waals surface area contributed by atoms with Crippen molar-refractivity contribution in [2.75, 3.05) is 0 Å². The Morgan fingerprint density at radius 2 is 0.792 bits per heavy atom. The molecule has 0 fully saturated rings. The lowest BCUT2D eigenvalue weighted by molar-refractivity contribution is 0.795.